The van der Waals surface area contributed by atoms with Crippen LogP contribution in [0, 0.1) is 0 Å². The van der Waals surface area contributed by atoms with Crippen LogP contribution in [0.3, 0.4) is 0 Å². The molecule has 1 aromatic carbocycles. The number of phenols is 1. The summed E-state index contributed by atoms with van der Waals surface area (Å²) < 4.78 is 1.92. The lowest BCUT2D eigenvalue weighted by Crippen LogP contribution is -1.95. The zero-order valence-electron chi connectivity index (χ0n) is 7.71. The number of carboxylic acid groups (broad SMARTS) is 1. The Balaban J connectivity index is 0.000000673. The van der Waals surface area contributed by atoms with Gasteiger partial charge in [0, 0.05) is 10.4 Å². The number of rotatable bonds is 2. The van der Waals surface area contributed by atoms with E-state index in [1.807, 2.05) is 4.31 Å². The van der Waals surface area contributed by atoms with Gasteiger partial charge in [-0.2, -0.15) is 4.99 Å². The van der Waals surface area contributed by atoms with Gasteiger partial charge in [-0.1, -0.05) is 0 Å². The Labute approximate surface area is 107 Å². The Morgan fingerprint density at radius 3 is 2.25 bits per heavy atom. The molecule has 0 aromatic heterocycles. The molecule has 0 saturated carbocycles. The highest BCUT2D eigenvalue weighted by Crippen LogP contribution is 2.23. The maximum absolute atomic E-state index is 10.5. The van der Waals surface area contributed by atoms with Gasteiger partial charge < -0.3 is 10.2 Å². The molecule has 0 aliphatic carbocycles. The van der Waals surface area contributed by atoms with E-state index >= 15 is 0 Å². The van der Waals surface area contributed by atoms with E-state index in [4.69, 9.17) is 5.11 Å². The van der Waals surface area contributed by atoms with Gasteiger partial charge in [0.05, 0.1) is 10.8 Å². The highest BCUT2D eigenvalue weighted by Gasteiger charge is 2.08. The Kier molecular flexibility index (Phi) is 7.03. The number of benzene rings is 1. The number of nitrogens with zero attached hydrogens (tertiary/aromatic N) is 1. The van der Waals surface area contributed by atoms with E-state index in [1.165, 1.54) is 18.2 Å². The fraction of sp³-hybridized carbons (Fsp3) is 0. The minimum absolute atomic E-state index is 0.164. The largest absolute Gasteiger partial charge is 0.507 e. The van der Waals surface area contributed by atoms with Gasteiger partial charge in [0.25, 0.3) is 0 Å². The van der Waals surface area contributed by atoms with Gasteiger partial charge in [0.2, 0.25) is 0 Å². The number of thiocarbonyl (C=S) groups is 3. The summed E-state index contributed by atoms with van der Waals surface area (Å²) in [6.45, 7) is 0. The van der Waals surface area contributed by atoms with E-state index in [-0.39, 0.29) is 11.3 Å². The number of isothiocyanates is 1. The average Bonchev–Trinajstić information content (AvgIpc) is 2.18. The van der Waals surface area contributed by atoms with Gasteiger partial charge in [-0.05, 0) is 48.8 Å². The first-order chi connectivity index (χ1) is 7.56. The van der Waals surface area contributed by atoms with Crippen molar-refractivity contribution in [1.29, 1.82) is 0 Å². The topological polar surface area (TPSA) is 69.9 Å². The van der Waals surface area contributed by atoms with E-state index in [9.17, 15) is 9.90 Å². The molecule has 1 aromatic rings. The number of aromatic hydroxyl groups is 1. The molecule has 0 radical (unpaired) electrons. The lowest BCUT2D eigenvalue weighted by atomic mass is 10.2. The molecule has 16 heavy (non-hydrogen) atoms. The molecule has 1 rings (SSSR count). The van der Waals surface area contributed by atoms with Crippen LogP contribution in [0.1, 0.15) is 10.4 Å². The van der Waals surface area contributed by atoms with Gasteiger partial charge in [-0.3, -0.25) is 0 Å². The van der Waals surface area contributed by atoms with Crippen molar-refractivity contribution in [3.63, 3.8) is 0 Å². The molecule has 0 saturated heterocycles. The van der Waals surface area contributed by atoms with Crippen LogP contribution in [0.4, 0.5) is 5.69 Å². The first-order valence-corrected chi connectivity index (χ1v) is 4.92. The van der Waals surface area contributed by atoms with Gasteiger partial charge in [0.1, 0.15) is 11.3 Å². The number of carbonyl (C=O) groups is 1. The fourth-order valence-corrected chi connectivity index (χ4v) is 0.929. The second-order valence-electron chi connectivity index (χ2n) is 2.29. The molecule has 0 spiro atoms. The van der Waals surface area contributed by atoms with Crippen molar-refractivity contribution in [2.24, 2.45) is 4.99 Å². The van der Waals surface area contributed by atoms with Crippen LogP contribution in [-0.2, 0) is 0 Å². The summed E-state index contributed by atoms with van der Waals surface area (Å²) in [6, 6.07) is 3.90. The summed E-state index contributed by atoms with van der Waals surface area (Å²) in [6.07, 6.45) is 0. The van der Waals surface area contributed by atoms with Crippen molar-refractivity contribution in [1.82, 2.24) is 0 Å². The molecule has 2 N–H and O–H groups in total. The highest BCUT2D eigenvalue weighted by molar-refractivity contribution is 7.93. The summed E-state index contributed by atoms with van der Waals surface area (Å²) in [5.41, 5.74) is 0.209. The van der Waals surface area contributed by atoms with Gasteiger partial charge in [-0.15, -0.1) is 0 Å². The van der Waals surface area contributed by atoms with Crippen LogP contribution < -0.4 is 0 Å². The zero-order chi connectivity index (χ0) is 12.6. The van der Waals surface area contributed by atoms with E-state index < -0.39 is 5.97 Å². The smallest absolute Gasteiger partial charge is 0.339 e. The molecule has 0 aliphatic rings. The molecule has 0 heterocycles. The zero-order valence-corrected chi connectivity index (χ0v) is 10.2. The summed E-state index contributed by atoms with van der Waals surface area (Å²) in [5.74, 6) is -1.52. The van der Waals surface area contributed by atoms with Gasteiger partial charge >= 0.3 is 5.97 Å². The molecular formula is C9H5NO3S3. The number of aromatic carboxylic acids is 1. The monoisotopic (exact) mass is 271 g/mol. The standard InChI is InChI=1S/C8H5NO3S.CS2/c10-7-3-5(9-4-13)1-2-6(7)8(11)12;2-1-3/h1-3,10H,(H,11,12);. The van der Waals surface area contributed by atoms with Crippen molar-refractivity contribution in [3.8, 4) is 5.75 Å². The molecule has 0 bridgehead atoms. The second-order valence-corrected chi connectivity index (χ2v) is 3.14. The Morgan fingerprint density at radius 1 is 1.31 bits per heavy atom. The average molecular weight is 271 g/mol. The molecule has 0 fully saturated rings. The molecule has 0 atom stereocenters. The predicted octanol–water partition coefficient (Wildman–Crippen LogP) is 2.84. The molecule has 7 heteroatoms. The van der Waals surface area contributed by atoms with Crippen LogP contribution >= 0.6 is 36.7 Å². The van der Waals surface area contributed by atoms with Crippen LogP contribution in [0.2, 0.25) is 0 Å². The van der Waals surface area contributed by atoms with Gasteiger partial charge in [0.15, 0.2) is 0 Å². The normalized spacial score (nSPS) is 7.75. The lowest BCUT2D eigenvalue weighted by molar-refractivity contribution is 0.0694. The van der Waals surface area contributed by atoms with E-state index in [0.29, 0.717) is 5.69 Å². The predicted molar refractivity (Wildman–Crippen MR) is 69.9 cm³/mol. The van der Waals surface area contributed by atoms with Crippen molar-refractivity contribution < 1.29 is 15.0 Å². The Morgan fingerprint density at radius 2 is 1.88 bits per heavy atom. The summed E-state index contributed by atoms with van der Waals surface area (Å²) in [7, 11) is 0. The van der Waals surface area contributed by atoms with Crippen LogP contribution in [0.5, 0.6) is 5.75 Å². The number of carboxylic acids is 1. The molecule has 4 nitrogen and oxygen atoms in total. The Bertz CT molecular complexity index is 475. The first-order valence-electron chi connectivity index (χ1n) is 3.70. The number of hydrogen-bond acceptors (Lipinski definition) is 6. The van der Waals surface area contributed by atoms with E-state index in [2.05, 4.69) is 46.8 Å². The van der Waals surface area contributed by atoms with Crippen molar-refractivity contribution in [2.75, 3.05) is 0 Å². The maximum Gasteiger partial charge on any atom is 0.339 e. The maximum atomic E-state index is 10.5. The van der Waals surface area contributed by atoms with Crippen LogP contribution in [0.15, 0.2) is 23.2 Å². The molecular weight excluding hydrogens is 266 g/mol. The molecule has 82 valence electrons. The third-order valence-corrected chi connectivity index (χ3v) is 1.48. The number of aliphatic imine (C=N–C) groups is 1. The van der Waals surface area contributed by atoms with Crippen LogP contribution in [0.25, 0.3) is 0 Å². The van der Waals surface area contributed by atoms with Crippen molar-refractivity contribution >= 4 is 57.8 Å². The highest BCUT2D eigenvalue weighted by atomic mass is 32.1. The van der Waals surface area contributed by atoms with Gasteiger partial charge in [-0.25, -0.2) is 4.79 Å². The third-order valence-electron chi connectivity index (χ3n) is 1.39. The third kappa shape index (κ3) is 4.84. The number of hydrogen-bond donors (Lipinski definition) is 2. The minimum Gasteiger partial charge on any atom is -0.507 e. The lowest BCUT2D eigenvalue weighted by Gasteiger charge is -1.98. The fourth-order valence-electron chi connectivity index (χ4n) is 0.823. The summed E-state index contributed by atoms with van der Waals surface area (Å²) >= 11 is 12.3. The minimum atomic E-state index is -1.18. The Hall–Kier alpha value is -1.49. The molecule has 0 aliphatic heterocycles. The quantitative estimate of drug-likeness (QED) is 0.636. The summed E-state index contributed by atoms with van der Waals surface area (Å²) in [4.78, 5) is 14.0. The van der Waals surface area contributed by atoms with Crippen LogP contribution in [-0.4, -0.2) is 25.7 Å². The van der Waals surface area contributed by atoms with Crippen molar-refractivity contribution in [3.05, 3.63) is 23.8 Å². The molecule has 0 unspecified atom stereocenters. The second kappa shape index (κ2) is 7.76. The van der Waals surface area contributed by atoms with E-state index in [1.54, 1.807) is 0 Å². The SMILES string of the molecule is O=C(O)c1ccc(N=C=S)cc1O.S=C=S. The summed E-state index contributed by atoms with van der Waals surface area (Å²) in [5, 5.41) is 19.9. The first kappa shape index (κ1) is 14.5. The molecule has 0 amide bonds. The van der Waals surface area contributed by atoms with Crippen molar-refractivity contribution in [2.45, 2.75) is 0 Å². The van der Waals surface area contributed by atoms with E-state index in [0.717, 1.165) is 0 Å².